The maximum Gasteiger partial charge on any atom is 0.358 e. The molecule has 0 aliphatic carbocycles. The fourth-order valence-corrected chi connectivity index (χ4v) is 3.60. The van der Waals surface area contributed by atoms with Crippen molar-refractivity contribution in [3.05, 3.63) is 73.6 Å². The first kappa shape index (κ1) is 24.1. The summed E-state index contributed by atoms with van der Waals surface area (Å²) in [5, 5.41) is 14.2. The van der Waals surface area contributed by atoms with Crippen molar-refractivity contribution in [2.24, 2.45) is 0 Å². The first-order chi connectivity index (χ1) is 15.6. The Labute approximate surface area is 198 Å². The van der Waals surface area contributed by atoms with Gasteiger partial charge in [-0.15, -0.1) is 0 Å². The third kappa shape index (κ3) is 4.96. The lowest BCUT2D eigenvalue weighted by Crippen LogP contribution is -2.14. The van der Waals surface area contributed by atoms with Crippen molar-refractivity contribution in [2.75, 3.05) is 31.4 Å². The predicted octanol–water partition coefficient (Wildman–Crippen LogP) is 4.96. The van der Waals surface area contributed by atoms with Gasteiger partial charge in [0.2, 0.25) is 0 Å². The van der Waals surface area contributed by atoms with Gasteiger partial charge in [-0.3, -0.25) is 10.1 Å². The maximum atomic E-state index is 15.3. The van der Waals surface area contributed by atoms with Gasteiger partial charge in [0.15, 0.2) is 17.3 Å². The fraction of sp³-hybridized carbons (Fsp3) is 0.190. The Balaban J connectivity index is 2.12. The number of rotatable bonds is 7. The van der Waals surface area contributed by atoms with Crippen LogP contribution < -0.4 is 10.2 Å². The lowest BCUT2D eigenvalue weighted by Gasteiger charge is -2.18. The van der Waals surface area contributed by atoms with E-state index in [1.165, 1.54) is 23.1 Å². The van der Waals surface area contributed by atoms with E-state index in [-0.39, 0.29) is 50.9 Å². The molecule has 12 heteroatoms. The number of ether oxygens (including phenoxy) is 1. The Kier molecular flexibility index (Phi) is 7.29. The van der Waals surface area contributed by atoms with E-state index in [1.807, 2.05) is 0 Å². The van der Waals surface area contributed by atoms with Crippen molar-refractivity contribution >= 4 is 46.4 Å². The van der Waals surface area contributed by atoms with Crippen LogP contribution in [0.4, 0.5) is 21.6 Å². The molecule has 0 unspecified atom stereocenters. The zero-order chi connectivity index (χ0) is 24.3. The number of carbonyl (C=O) groups is 1. The van der Waals surface area contributed by atoms with Crippen LogP contribution >= 0.6 is 23.2 Å². The molecule has 0 amide bonds. The number of nitrogens with zero attached hydrogens (tertiary/aromatic N) is 4. The number of aromatic nitrogens is 2. The van der Waals surface area contributed by atoms with E-state index in [9.17, 15) is 14.9 Å². The molecule has 0 aliphatic rings. The second kappa shape index (κ2) is 9.97. The van der Waals surface area contributed by atoms with Crippen LogP contribution in [0.25, 0.3) is 11.4 Å². The molecule has 0 radical (unpaired) electrons. The molecular weight excluding hydrogens is 476 g/mol. The van der Waals surface area contributed by atoms with Crippen LogP contribution in [0.15, 0.2) is 36.4 Å². The minimum Gasteiger partial charge on any atom is -0.464 e. The number of benzene rings is 2. The number of carbonyl (C=O) groups excluding carboxylic acids is 1. The van der Waals surface area contributed by atoms with E-state index in [2.05, 4.69) is 15.3 Å². The largest absolute Gasteiger partial charge is 0.464 e. The first-order valence-corrected chi connectivity index (χ1v) is 10.2. The summed E-state index contributed by atoms with van der Waals surface area (Å²) in [5.41, 5.74) is 0.0317. The van der Waals surface area contributed by atoms with Crippen LogP contribution in [0.1, 0.15) is 16.1 Å². The van der Waals surface area contributed by atoms with Gasteiger partial charge in [0, 0.05) is 32.3 Å². The van der Waals surface area contributed by atoms with Crippen molar-refractivity contribution in [3.63, 3.8) is 0 Å². The standard InChI is InChI=1S/C21H18Cl2FN5O4/c1-28(2)18-13(22)9-8-12(16(18)24)19-26-17(21(30)33-3)15(23)20(27-19)25-10-11-6-4-5-7-14(11)29(31)32/h4-9H,10H2,1-3H3,(H,25,26,27). The number of para-hydroxylation sites is 1. The summed E-state index contributed by atoms with van der Waals surface area (Å²) in [6.07, 6.45) is 0. The highest BCUT2D eigenvalue weighted by Gasteiger charge is 2.24. The van der Waals surface area contributed by atoms with Gasteiger partial charge in [-0.2, -0.15) is 0 Å². The van der Waals surface area contributed by atoms with Crippen LogP contribution in [0.2, 0.25) is 10.0 Å². The monoisotopic (exact) mass is 493 g/mol. The number of esters is 1. The lowest BCUT2D eigenvalue weighted by atomic mass is 10.1. The summed E-state index contributed by atoms with van der Waals surface area (Å²) >= 11 is 12.4. The minimum absolute atomic E-state index is 0.0269. The quantitative estimate of drug-likeness (QED) is 0.279. The third-order valence-corrected chi connectivity index (χ3v) is 5.28. The molecular formula is C21H18Cl2FN5O4. The van der Waals surface area contributed by atoms with E-state index < -0.39 is 16.7 Å². The minimum atomic E-state index is -0.861. The second-order valence-corrected chi connectivity index (χ2v) is 7.73. The van der Waals surface area contributed by atoms with Gasteiger partial charge in [0.1, 0.15) is 10.8 Å². The van der Waals surface area contributed by atoms with Crippen LogP contribution in [0, 0.1) is 15.9 Å². The highest BCUT2D eigenvalue weighted by atomic mass is 35.5. The molecule has 0 aliphatic heterocycles. The average molecular weight is 494 g/mol. The molecule has 0 saturated carbocycles. The number of halogens is 3. The van der Waals surface area contributed by atoms with E-state index in [1.54, 1.807) is 32.3 Å². The number of methoxy groups -OCH3 is 1. The van der Waals surface area contributed by atoms with Crippen molar-refractivity contribution in [1.82, 2.24) is 9.97 Å². The Morgan fingerprint density at radius 2 is 1.91 bits per heavy atom. The summed E-state index contributed by atoms with van der Waals surface area (Å²) < 4.78 is 20.0. The molecule has 3 rings (SSSR count). The van der Waals surface area contributed by atoms with Gasteiger partial charge in [-0.1, -0.05) is 41.4 Å². The summed E-state index contributed by atoms with van der Waals surface area (Å²) in [6.45, 7) is -0.0417. The molecule has 33 heavy (non-hydrogen) atoms. The first-order valence-electron chi connectivity index (χ1n) is 9.43. The smallest absolute Gasteiger partial charge is 0.358 e. The fourth-order valence-electron chi connectivity index (χ4n) is 3.06. The molecule has 0 bridgehead atoms. The summed E-state index contributed by atoms with van der Waals surface area (Å²) in [6, 6.07) is 8.95. The highest BCUT2D eigenvalue weighted by Crippen LogP contribution is 2.35. The normalized spacial score (nSPS) is 10.6. The van der Waals surface area contributed by atoms with Crippen LogP contribution in [-0.2, 0) is 11.3 Å². The van der Waals surface area contributed by atoms with Gasteiger partial charge in [0.25, 0.3) is 5.69 Å². The highest BCUT2D eigenvalue weighted by molar-refractivity contribution is 6.35. The molecule has 172 valence electrons. The average Bonchev–Trinajstić information content (AvgIpc) is 2.78. The van der Waals surface area contributed by atoms with Gasteiger partial charge in [-0.25, -0.2) is 19.2 Å². The van der Waals surface area contributed by atoms with Crippen molar-refractivity contribution < 1.29 is 18.8 Å². The molecule has 2 aromatic carbocycles. The third-order valence-electron chi connectivity index (χ3n) is 4.62. The molecule has 1 aromatic heterocycles. The number of hydrogen-bond acceptors (Lipinski definition) is 8. The molecule has 1 N–H and O–H groups in total. The Hall–Kier alpha value is -3.50. The van der Waals surface area contributed by atoms with E-state index in [0.717, 1.165) is 7.11 Å². The van der Waals surface area contributed by atoms with E-state index in [4.69, 9.17) is 27.9 Å². The van der Waals surface area contributed by atoms with Crippen molar-refractivity contribution in [3.8, 4) is 11.4 Å². The molecule has 0 fully saturated rings. The van der Waals surface area contributed by atoms with E-state index in [0.29, 0.717) is 5.56 Å². The van der Waals surface area contributed by atoms with Gasteiger partial charge in [-0.05, 0) is 12.1 Å². The van der Waals surface area contributed by atoms with Crippen LogP contribution in [0.3, 0.4) is 0 Å². The lowest BCUT2D eigenvalue weighted by molar-refractivity contribution is -0.385. The number of nitro groups is 1. The Morgan fingerprint density at radius 3 is 2.55 bits per heavy atom. The summed E-state index contributed by atoms with van der Waals surface area (Å²) in [5.74, 6) is -1.74. The Morgan fingerprint density at radius 1 is 1.21 bits per heavy atom. The second-order valence-electron chi connectivity index (χ2n) is 6.94. The molecule has 3 aromatic rings. The van der Waals surface area contributed by atoms with Crippen LogP contribution in [0.5, 0.6) is 0 Å². The zero-order valence-electron chi connectivity index (χ0n) is 17.7. The molecule has 1 heterocycles. The van der Waals surface area contributed by atoms with Gasteiger partial charge in [0.05, 0.1) is 28.3 Å². The summed E-state index contributed by atoms with van der Waals surface area (Å²) in [4.78, 5) is 32.9. The Bertz CT molecular complexity index is 1240. The van der Waals surface area contributed by atoms with Gasteiger partial charge >= 0.3 is 5.97 Å². The molecule has 9 nitrogen and oxygen atoms in total. The van der Waals surface area contributed by atoms with Gasteiger partial charge < -0.3 is 15.0 Å². The van der Waals surface area contributed by atoms with E-state index >= 15 is 4.39 Å². The number of anilines is 2. The molecule has 0 saturated heterocycles. The van der Waals surface area contributed by atoms with Crippen molar-refractivity contribution in [1.29, 1.82) is 0 Å². The number of nitrogens with one attached hydrogen (secondary N) is 1. The maximum absolute atomic E-state index is 15.3. The SMILES string of the molecule is COC(=O)c1nc(-c2ccc(Cl)c(N(C)C)c2F)nc(NCc2ccccc2[N+](=O)[O-])c1Cl. The number of hydrogen-bond donors (Lipinski definition) is 1. The zero-order valence-corrected chi connectivity index (χ0v) is 19.2. The predicted molar refractivity (Wildman–Crippen MR) is 124 cm³/mol. The number of nitro benzene ring substituents is 1. The molecule has 0 spiro atoms. The van der Waals surface area contributed by atoms with Crippen LogP contribution in [-0.4, -0.2) is 42.1 Å². The van der Waals surface area contributed by atoms with Crippen molar-refractivity contribution in [2.45, 2.75) is 6.54 Å². The summed E-state index contributed by atoms with van der Waals surface area (Å²) in [7, 11) is 4.39. The topological polar surface area (TPSA) is 110 Å². The molecule has 0 atom stereocenters.